The van der Waals surface area contributed by atoms with E-state index in [1.807, 2.05) is 0 Å². The van der Waals surface area contributed by atoms with Gasteiger partial charge < -0.3 is 5.32 Å². The molecule has 1 aromatic rings. The summed E-state index contributed by atoms with van der Waals surface area (Å²) in [4.78, 5) is 12.0. The zero-order chi connectivity index (χ0) is 18.4. The minimum absolute atomic E-state index is 0.0761. The summed E-state index contributed by atoms with van der Waals surface area (Å²) in [7, 11) is -7.36. The molecule has 0 heterocycles. The summed E-state index contributed by atoms with van der Waals surface area (Å²) in [6, 6.07) is 4.17. The minimum atomic E-state index is -4.00. The fourth-order valence-corrected chi connectivity index (χ4v) is 3.76. The Bertz CT molecular complexity index is 789. The van der Waals surface area contributed by atoms with Crippen molar-refractivity contribution in [3.63, 3.8) is 0 Å². The number of halogens is 1. The standard InChI is InChI=1S/C14H19ClN2O5S2/c1-3-9-16-14(18)13(8-10-23(2,19)20)17-24(21,22)12-6-4-11(15)5-7-12/h3-7,13,17H,1,8-10H2,2H3,(H,16,18)/t13-/m0/s1. The predicted octanol–water partition coefficient (Wildman–Crippen LogP) is 0.724. The number of benzene rings is 1. The molecule has 0 aliphatic rings. The molecule has 0 saturated carbocycles. The Hall–Kier alpha value is -1.42. The first-order valence-electron chi connectivity index (χ1n) is 6.89. The van der Waals surface area contributed by atoms with Crippen molar-refractivity contribution in [3.8, 4) is 0 Å². The second-order valence-electron chi connectivity index (χ2n) is 5.08. The van der Waals surface area contributed by atoms with Gasteiger partial charge in [0.25, 0.3) is 0 Å². The summed E-state index contributed by atoms with van der Waals surface area (Å²) in [5, 5.41) is 2.82. The molecular weight excluding hydrogens is 376 g/mol. The number of rotatable bonds is 9. The van der Waals surface area contributed by atoms with Gasteiger partial charge in [-0.15, -0.1) is 6.58 Å². The Morgan fingerprint density at radius 1 is 1.25 bits per heavy atom. The van der Waals surface area contributed by atoms with E-state index in [0.29, 0.717) is 5.02 Å². The van der Waals surface area contributed by atoms with Gasteiger partial charge in [-0.1, -0.05) is 17.7 Å². The van der Waals surface area contributed by atoms with Gasteiger partial charge in [0.05, 0.1) is 10.6 Å². The molecule has 0 spiro atoms. The zero-order valence-corrected chi connectivity index (χ0v) is 15.4. The van der Waals surface area contributed by atoms with E-state index in [2.05, 4.69) is 16.6 Å². The minimum Gasteiger partial charge on any atom is -0.351 e. The molecule has 10 heteroatoms. The van der Waals surface area contributed by atoms with E-state index in [4.69, 9.17) is 11.6 Å². The summed E-state index contributed by atoms with van der Waals surface area (Å²) in [6.07, 6.45) is 2.26. The molecule has 1 amide bonds. The highest BCUT2D eigenvalue weighted by molar-refractivity contribution is 7.90. The van der Waals surface area contributed by atoms with Gasteiger partial charge >= 0.3 is 0 Å². The molecule has 7 nitrogen and oxygen atoms in total. The molecule has 24 heavy (non-hydrogen) atoms. The smallest absolute Gasteiger partial charge is 0.241 e. The summed E-state index contributed by atoms with van der Waals surface area (Å²) in [6.45, 7) is 3.58. The zero-order valence-electron chi connectivity index (χ0n) is 13.0. The lowest BCUT2D eigenvalue weighted by atomic mass is 10.2. The fraction of sp³-hybridized carbons (Fsp3) is 0.357. The second-order valence-corrected chi connectivity index (χ2v) is 9.49. The highest BCUT2D eigenvalue weighted by Crippen LogP contribution is 2.15. The van der Waals surface area contributed by atoms with E-state index in [0.717, 1.165) is 6.26 Å². The van der Waals surface area contributed by atoms with E-state index in [9.17, 15) is 21.6 Å². The van der Waals surface area contributed by atoms with Crippen LogP contribution in [-0.2, 0) is 24.7 Å². The molecular formula is C14H19ClN2O5S2. The van der Waals surface area contributed by atoms with Crippen molar-refractivity contribution in [2.45, 2.75) is 17.4 Å². The van der Waals surface area contributed by atoms with Gasteiger partial charge in [0, 0.05) is 17.8 Å². The maximum absolute atomic E-state index is 12.4. The molecule has 0 aliphatic carbocycles. The number of carbonyl (C=O) groups excluding carboxylic acids is 1. The van der Waals surface area contributed by atoms with Gasteiger partial charge in [-0.25, -0.2) is 16.8 Å². The Balaban J connectivity index is 2.98. The number of carbonyl (C=O) groups is 1. The Kier molecular flexibility index (Phi) is 7.40. The Morgan fingerprint density at radius 3 is 2.33 bits per heavy atom. The van der Waals surface area contributed by atoms with Crippen molar-refractivity contribution in [1.29, 1.82) is 0 Å². The largest absolute Gasteiger partial charge is 0.351 e. The van der Waals surface area contributed by atoms with Crippen molar-refractivity contribution in [2.24, 2.45) is 0 Å². The lowest BCUT2D eigenvalue weighted by molar-refractivity contribution is -0.122. The van der Waals surface area contributed by atoms with Gasteiger partial charge in [-0.3, -0.25) is 4.79 Å². The maximum Gasteiger partial charge on any atom is 0.241 e. The summed E-state index contributed by atoms with van der Waals surface area (Å²) in [5.74, 6) is -0.960. The first kappa shape index (κ1) is 20.6. The van der Waals surface area contributed by atoms with Gasteiger partial charge in [-0.2, -0.15) is 4.72 Å². The van der Waals surface area contributed by atoms with Crippen LogP contribution < -0.4 is 10.0 Å². The number of hydrogen-bond donors (Lipinski definition) is 2. The van der Waals surface area contributed by atoms with E-state index in [1.165, 1.54) is 30.3 Å². The molecule has 0 aliphatic heterocycles. The molecule has 0 saturated heterocycles. The van der Waals surface area contributed by atoms with Crippen LogP contribution in [0.25, 0.3) is 0 Å². The average Bonchev–Trinajstić information content (AvgIpc) is 2.48. The fourth-order valence-electron chi connectivity index (χ4n) is 1.74. The van der Waals surface area contributed by atoms with Crippen LogP contribution in [0, 0.1) is 0 Å². The monoisotopic (exact) mass is 394 g/mol. The van der Waals surface area contributed by atoms with Crippen molar-refractivity contribution in [3.05, 3.63) is 41.9 Å². The quantitative estimate of drug-likeness (QED) is 0.600. The van der Waals surface area contributed by atoms with Gasteiger partial charge in [-0.05, 0) is 30.7 Å². The summed E-state index contributed by atoms with van der Waals surface area (Å²) >= 11 is 5.72. The van der Waals surface area contributed by atoms with Crippen LogP contribution in [0.1, 0.15) is 6.42 Å². The van der Waals surface area contributed by atoms with Gasteiger partial charge in [0.15, 0.2) is 0 Å². The van der Waals surface area contributed by atoms with Crippen molar-refractivity contribution < 1.29 is 21.6 Å². The third kappa shape index (κ3) is 7.00. The van der Waals surface area contributed by atoms with Crippen molar-refractivity contribution in [2.75, 3.05) is 18.6 Å². The number of sulfonamides is 1. The molecule has 0 bridgehead atoms. The second kappa shape index (κ2) is 8.61. The first-order chi connectivity index (χ1) is 11.0. The van der Waals surface area contributed by atoms with E-state index in [1.54, 1.807) is 0 Å². The molecule has 0 unspecified atom stereocenters. The third-order valence-electron chi connectivity index (χ3n) is 2.94. The normalized spacial score (nSPS) is 13.2. The molecule has 1 aromatic carbocycles. The van der Waals surface area contributed by atoms with Crippen LogP contribution in [0.2, 0.25) is 5.02 Å². The van der Waals surface area contributed by atoms with E-state index in [-0.39, 0.29) is 23.6 Å². The highest BCUT2D eigenvalue weighted by atomic mass is 35.5. The van der Waals surface area contributed by atoms with Gasteiger partial charge in [0.1, 0.15) is 15.9 Å². The Morgan fingerprint density at radius 2 is 1.83 bits per heavy atom. The van der Waals surface area contributed by atoms with E-state index < -0.39 is 31.8 Å². The number of hydrogen-bond acceptors (Lipinski definition) is 5. The Labute approximate surface area is 147 Å². The van der Waals surface area contributed by atoms with Crippen molar-refractivity contribution in [1.82, 2.24) is 10.0 Å². The van der Waals surface area contributed by atoms with Crippen LogP contribution >= 0.6 is 11.6 Å². The third-order valence-corrected chi connectivity index (χ3v) is 5.65. The van der Waals surface area contributed by atoms with Crippen LogP contribution in [0.5, 0.6) is 0 Å². The highest BCUT2D eigenvalue weighted by Gasteiger charge is 2.26. The molecule has 2 N–H and O–H groups in total. The van der Waals surface area contributed by atoms with Crippen molar-refractivity contribution >= 4 is 37.4 Å². The number of amides is 1. The van der Waals surface area contributed by atoms with Crippen LogP contribution in [0.4, 0.5) is 0 Å². The molecule has 0 fully saturated rings. The predicted molar refractivity (Wildman–Crippen MR) is 93.1 cm³/mol. The number of nitrogens with one attached hydrogen (secondary N) is 2. The molecule has 0 radical (unpaired) electrons. The molecule has 134 valence electrons. The van der Waals surface area contributed by atoms with Crippen LogP contribution in [0.3, 0.4) is 0 Å². The lowest BCUT2D eigenvalue weighted by Gasteiger charge is -2.18. The molecule has 0 aromatic heterocycles. The SMILES string of the molecule is C=CCNC(=O)[C@H](CCS(C)(=O)=O)NS(=O)(=O)c1ccc(Cl)cc1. The lowest BCUT2D eigenvalue weighted by Crippen LogP contribution is -2.47. The number of sulfone groups is 1. The van der Waals surface area contributed by atoms with Gasteiger partial charge in [0.2, 0.25) is 15.9 Å². The maximum atomic E-state index is 12.4. The molecule has 1 atom stereocenters. The topological polar surface area (TPSA) is 109 Å². The first-order valence-corrected chi connectivity index (χ1v) is 10.8. The van der Waals surface area contributed by atoms with Crippen LogP contribution in [-0.4, -0.2) is 47.3 Å². The van der Waals surface area contributed by atoms with E-state index >= 15 is 0 Å². The summed E-state index contributed by atoms with van der Waals surface area (Å²) in [5.41, 5.74) is 0. The van der Waals surface area contributed by atoms with Crippen LogP contribution in [0.15, 0.2) is 41.8 Å². The molecule has 1 rings (SSSR count). The summed E-state index contributed by atoms with van der Waals surface area (Å²) < 4.78 is 49.5. The average molecular weight is 395 g/mol.